The molecule has 0 bridgehead atoms. The van der Waals surface area contributed by atoms with Gasteiger partial charge in [0.25, 0.3) is 33.9 Å². The van der Waals surface area contributed by atoms with Crippen LogP contribution in [-0.4, -0.2) is 41.1 Å². The lowest BCUT2D eigenvalue weighted by atomic mass is 9.81. The van der Waals surface area contributed by atoms with E-state index in [1.165, 1.54) is 338 Å². The standard InChI is InChI=1S/C45H29N5.C43H25N5.C41H21N5/c1-3-24-22-36-37-23-25(4-2)39-29-14-7-10-17-32(29)48-35-21-20-27-26-12-5-8-15-30(26)46-33-18-11-19-34-40(33)45(41(35)42(27)46,50(37)44(39)48)49(36)43-38(24)28-13-6-9-16-31(28)47(34)43;1-22-20-34-35-21-23(2)37-27-12-5-8-15-30(27)46-33-19-18-25-24-10-3-6-13-28(24)44-31-16-9-17-32-38(31)43(39(33)40(25)44,48(35)42(37)46)47(34)41-36(22)26-11-4-7-14-29(26)45(32)41;1-4-11-28-22(8-1)25-16-21-35-37-38(25)42(28)33-14-7-15-34-36(33)41(37)45-31(19-17-26-23-9-2-5-12-29(23)43(34)39(26)45)32-20-18-27-24-10-3-6-13-30(24)44(35)40(27)46(32)41/h5-23H,3-4H2,1-2H3;3-21H,1-2H3;1-21H/q3*+2. The highest BCUT2D eigenvalue weighted by Crippen LogP contribution is 2.64. The lowest BCUT2D eigenvalue weighted by molar-refractivity contribution is -0.920. The first-order valence-corrected chi connectivity index (χ1v) is 51.0. The van der Waals surface area contributed by atoms with Crippen LogP contribution in [0.4, 0.5) is 0 Å². The Kier molecular flexibility index (Phi) is 11.4. The Morgan fingerprint density at radius 1 is 0.181 bits per heavy atom. The number of hydrogen-bond donors (Lipinski definition) is 0. The second kappa shape index (κ2) is 22.8. The number of nitrogens with zero attached hydrogens (tertiary/aromatic N) is 15. The van der Waals surface area contributed by atoms with Gasteiger partial charge in [-0.2, -0.15) is 54.8 Å². The van der Waals surface area contributed by atoms with Crippen molar-refractivity contribution in [1.29, 1.82) is 0 Å². The first-order valence-electron chi connectivity index (χ1n) is 51.0. The normalized spacial score (nSPS) is 17.0. The molecule has 15 aromatic heterocycles. The zero-order chi connectivity index (χ0) is 92.5. The summed E-state index contributed by atoms with van der Waals surface area (Å²) < 4.78 is 39.7. The van der Waals surface area contributed by atoms with Crippen molar-refractivity contribution >= 4 is 197 Å². The van der Waals surface area contributed by atoms with Crippen molar-refractivity contribution in [3.8, 4) is 85.4 Å². The van der Waals surface area contributed by atoms with Gasteiger partial charge in [0.05, 0.1) is 82.5 Å². The summed E-state index contributed by atoms with van der Waals surface area (Å²) in [5, 5.41) is 23.7. The third kappa shape index (κ3) is 6.85. The lowest BCUT2D eigenvalue weighted by Crippen LogP contribution is -2.75. The largest absolute Gasteiger partial charge is 0.319 e. The molecule has 12 aliphatic rings. The van der Waals surface area contributed by atoms with Gasteiger partial charge in [-0.05, 0) is 261 Å². The fourth-order valence-electron chi connectivity index (χ4n) is 32.3. The number of hydrogen-bond acceptors (Lipinski definition) is 0. The molecule has 12 aliphatic heterocycles. The quantitative estimate of drug-likeness (QED) is 0.155. The molecule has 0 fully saturated rings. The molecule has 0 aliphatic carbocycles. The Hall–Kier alpha value is -18.6. The molecule has 3 unspecified atom stereocenters. The van der Waals surface area contributed by atoms with Crippen LogP contribution in [0.2, 0.25) is 0 Å². The van der Waals surface area contributed by atoms with Crippen LogP contribution in [0.5, 0.6) is 0 Å². The van der Waals surface area contributed by atoms with E-state index >= 15 is 0 Å². The number of fused-ring (bicyclic) bond motifs is 39. The average Bonchev–Trinajstić information content (AvgIpc) is 1.45. The summed E-state index contributed by atoms with van der Waals surface area (Å²) in [5.41, 5.74) is 53.9. The fraction of sp³-hybridized carbons (Fsp3) is 0.0698. The van der Waals surface area contributed by atoms with Gasteiger partial charge in [0.1, 0.15) is 101 Å². The number of aryl methyl sites for hydroxylation is 4. The third-order valence-corrected chi connectivity index (χ3v) is 36.7. The number of pyridine rings is 6. The molecule has 0 saturated heterocycles. The summed E-state index contributed by atoms with van der Waals surface area (Å²) in [6, 6.07) is 136. The van der Waals surface area contributed by atoms with E-state index in [-0.39, 0.29) is 0 Å². The molecular weight excluding hydrogens is 1760 g/mol. The summed E-state index contributed by atoms with van der Waals surface area (Å²) in [6.07, 6.45) is 1.94. The first-order chi connectivity index (χ1) is 71.3. The van der Waals surface area contributed by atoms with Crippen LogP contribution in [0.3, 0.4) is 0 Å². The van der Waals surface area contributed by atoms with E-state index in [1.807, 2.05) is 0 Å². The molecule has 0 N–H and O–H groups in total. The van der Waals surface area contributed by atoms with E-state index in [9.17, 15) is 0 Å². The molecule has 15 heteroatoms. The van der Waals surface area contributed by atoms with Gasteiger partial charge < -0.3 is 13.7 Å². The smallest absolute Gasteiger partial charge is 0.308 e. The van der Waals surface area contributed by atoms with Crippen molar-refractivity contribution < 1.29 is 27.4 Å². The molecule has 3 atom stereocenters. The highest BCUT2D eigenvalue weighted by molar-refractivity contribution is 6.22. The minimum absolute atomic E-state index is 0.594. The predicted molar refractivity (Wildman–Crippen MR) is 569 cm³/mol. The summed E-state index contributed by atoms with van der Waals surface area (Å²) >= 11 is 0. The summed E-state index contributed by atoms with van der Waals surface area (Å²) in [6.45, 7) is 9.26. The van der Waals surface area contributed by atoms with Gasteiger partial charge in [0.15, 0.2) is 34.2 Å². The van der Waals surface area contributed by atoms with E-state index < -0.39 is 17.0 Å². The van der Waals surface area contributed by atoms with Crippen molar-refractivity contribution in [2.24, 2.45) is 0 Å². The molecule has 15 nitrogen and oxygen atoms in total. The van der Waals surface area contributed by atoms with Gasteiger partial charge >= 0.3 is 17.0 Å². The molecule has 660 valence electrons. The van der Waals surface area contributed by atoms with Crippen LogP contribution >= 0.6 is 0 Å². The molecule has 42 rings (SSSR count). The van der Waals surface area contributed by atoms with E-state index in [2.05, 4.69) is 454 Å². The molecule has 0 radical (unpaired) electrons. The average molecular weight is 1840 g/mol. The SMILES string of the molecule is CCc1cc2[n+]3c4c1c1ccccc1n4-c1cccc4c1C31c3c(ccc5c6ccccc6n-4c35)-n3c4ccccc4c4c(CC)cc-2[n+]1c43.Cc1cc2[n+]3c4c1c1ccccc1n4-c1cccc4c1C31c3c(ccc5c6ccccc6n-4c35)-n3c4ccccc4c4c(C)cc-2[n+]1c43.c1cc2c3c(c1)-n1c4ccccc4c4ccc5[n+](c41)C31c3c(ccc4c6ccccc6n-2c34)-n2c3ccccc3c3ccc-5[n+]1c32. The topological polar surface area (TPSA) is 67.6 Å². The molecule has 15 aromatic carbocycles. The Bertz CT molecular complexity index is 11900. The highest BCUT2D eigenvalue weighted by Gasteiger charge is 2.73. The van der Waals surface area contributed by atoms with E-state index in [1.54, 1.807) is 0 Å². The summed E-state index contributed by atoms with van der Waals surface area (Å²) in [5.74, 6) is 0. The molecule has 3 spiro atoms. The number of benzene rings is 15. The van der Waals surface area contributed by atoms with Crippen LogP contribution in [0.1, 0.15) is 69.5 Å². The van der Waals surface area contributed by atoms with E-state index in [0.717, 1.165) is 12.8 Å². The maximum atomic E-state index is 2.78. The monoisotopic (exact) mass is 1830 g/mol. The van der Waals surface area contributed by atoms with Crippen LogP contribution in [0.15, 0.2) is 358 Å². The van der Waals surface area contributed by atoms with Crippen molar-refractivity contribution in [3.63, 3.8) is 0 Å². The predicted octanol–water partition coefficient (Wildman–Crippen LogP) is 25.1. The zero-order valence-corrected chi connectivity index (χ0v) is 78.2. The van der Waals surface area contributed by atoms with Crippen LogP contribution in [-0.2, 0) is 29.8 Å². The highest BCUT2D eigenvalue weighted by atomic mass is 15.5. The molecule has 30 aromatic rings. The van der Waals surface area contributed by atoms with Crippen molar-refractivity contribution in [2.45, 2.75) is 57.5 Å². The van der Waals surface area contributed by atoms with Gasteiger partial charge in [-0.15, -0.1) is 0 Å². The van der Waals surface area contributed by atoms with Crippen LogP contribution < -0.4 is 27.4 Å². The minimum atomic E-state index is -0.611. The fourth-order valence-corrected chi connectivity index (χ4v) is 32.3. The summed E-state index contributed by atoms with van der Waals surface area (Å²) in [4.78, 5) is 0. The Labute approximate surface area is 816 Å². The van der Waals surface area contributed by atoms with Gasteiger partial charge in [-0.1, -0.05) is 159 Å². The van der Waals surface area contributed by atoms with Crippen LogP contribution in [0, 0.1) is 13.8 Å². The number of rotatable bonds is 2. The van der Waals surface area contributed by atoms with Gasteiger partial charge in [0, 0.05) is 64.6 Å². The van der Waals surface area contributed by atoms with Gasteiger partial charge in [0.2, 0.25) is 0 Å². The number of para-hydroxylation sites is 9. The van der Waals surface area contributed by atoms with Crippen molar-refractivity contribution in [1.82, 2.24) is 41.1 Å². The third-order valence-electron chi connectivity index (χ3n) is 36.7. The van der Waals surface area contributed by atoms with Crippen LogP contribution in [0.25, 0.3) is 282 Å². The second-order valence-electron chi connectivity index (χ2n) is 42.2. The zero-order valence-electron chi connectivity index (χ0n) is 78.2. The van der Waals surface area contributed by atoms with E-state index in [0.29, 0.717) is 0 Å². The van der Waals surface area contributed by atoms with Gasteiger partial charge in [-0.3, -0.25) is 0 Å². The number of aromatic nitrogens is 15. The molecular formula is C129H75N15+6. The lowest BCUT2D eigenvalue weighted by Gasteiger charge is -2.39. The molecule has 0 amide bonds. The Balaban J connectivity index is 0.0000000851. The molecule has 0 saturated carbocycles. The van der Waals surface area contributed by atoms with Crippen molar-refractivity contribution in [3.05, 3.63) is 414 Å². The second-order valence-corrected chi connectivity index (χ2v) is 42.2. The Morgan fingerprint density at radius 3 is 0.708 bits per heavy atom. The Morgan fingerprint density at radius 2 is 0.403 bits per heavy atom. The first kappa shape index (κ1) is 71.8. The maximum absolute atomic E-state index is 2.78. The minimum Gasteiger partial charge on any atom is -0.308 e. The molecule has 144 heavy (non-hydrogen) atoms. The van der Waals surface area contributed by atoms with E-state index in [4.69, 9.17) is 0 Å². The van der Waals surface area contributed by atoms with Crippen molar-refractivity contribution in [2.75, 3.05) is 0 Å². The maximum Gasteiger partial charge on any atom is 0.319 e. The van der Waals surface area contributed by atoms with Gasteiger partial charge in [-0.25, -0.2) is 0 Å². The molecule has 27 heterocycles. The summed E-state index contributed by atoms with van der Waals surface area (Å²) in [7, 11) is 0.